The molecule has 2 aliphatic rings. The van der Waals surface area contributed by atoms with Gasteiger partial charge in [0.05, 0.1) is 12.5 Å². The van der Waals surface area contributed by atoms with Crippen LogP contribution in [0.2, 0.25) is 0 Å². The van der Waals surface area contributed by atoms with Crippen LogP contribution in [-0.2, 0) is 38.1 Å². The second-order valence-corrected chi connectivity index (χ2v) is 6.41. The van der Waals surface area contributed by atoms with Gasteiger partial charge >= 0.3 is 12.1 Å². The van der Waals surface area contributed by atoms with Gasteiger partial charge in [0.2, 0.25) is 0 Å². The lowest BCUT2D eigenvalue weighted by atomic mass is 9.91. The average molecular weight is 344 g/mol. The van der Waals surface area contributed by atoms with Gasteiger partial charge in [-0.1, -0.05) is 6.92 Å². The lowest BCUT2D eigenvalue weighted by Gasteiger charge is -2.39. The van der Waals surface area contributed by atoms with Crippen molar-refractivity contribution < 1.29 is 38.1 Å². The average Bonchev–Trinajstić information content (AvgIpc) is 2.76. The first-order valence-electron chi connectivity index (χ1n) is 7.80. The van der Waals surface area contributed by atoms with E-state index in [1.165, 1.54) is 6.92 Å². The molecule has 0 bridgehead atoms. The number of ketones is 1. The third-order valence-electron chi connectivity index (χ3n) is 3.88. The predicted molar refractivity (Wildman–Crippen MR) is 78.3 cm³/mol. The minimum Gasteiger partial charge on any atom is -0.459 e. The summed E-state index contributed by atoms with van der Waals surface area (Å²) in [4.78, 5) is 39.0. The van der Waals surface area contributed by atoms with Crippen molar-refractivity contribution in [3.63, 3.8) is 0 Å². The first-order chi connectivity index (χ1) is 11.1. The van der Waals surface area contributed by atoms with Gasteiger partial charge in [-0.25, -0.2) is 0 Å². The van der Waals surface area contributed by atoms with E-state index in [9.17, 15) is 9.59 Å². The van der Waals surface area contributed by atoms with Gasteiger partial charge in [-0.05, 0) is 27.7 Å². The molecule has 2 rings (SSSR count). The summed E-state index contributed by atoms with van der Waals surface area (Å²) in [5, 5.41) is 0. The third kappa shape index (κ3) is 5.49. The minimum absolute atomic E-state index is 0.0257. The van der Waals surface area contributed by atoms with E-state index in [0.717, 1.165) is 0 Å². The van der Waals surface area contributed by atoms with Crippen molar-refractivity contribution >= 4 is 17.9 Å². The zero-order chi connectivity index (χ0) is 18.5. The minimum atomic E-state index is -0.698. The molecule has 2 saturated heterocycles. The number of rotatable bonds is 4. The van der Waals surface area contributed by atoms with E-state index >= 15 is 0 Å². The molecular weight excluding hydrogens is 320 g/mol. The Labute approximate surface area is 140 Å². The van der Waals surface area contributed by atoms with Crippen molar-refractivity contribution in [2.75, 3.05) is 0 Å². The highest BCUT2D eigenvalue weighted by molar-refractivity contribution is 5.81. The third-order valence-corrected chi connectivity index (χ3v) is 3.88. The highest BCUT2D eigenvalue weighted by Crippen LogP contribution is 2.39. The summed E-state index contributed by atoms with van der Waals surface area (Å²) in [7, 11) is 0. The van der Waals surface area contributed by atoms with Crippen LogP contribution in [0.25, 0.3) is 0 Å². The number of hydrogen-bond donors (Lipinski definition) is 0. The van der Waals surface area contributed by atoms with Crippen LogP contribution in [0.1, 0.15) is 47.5 Å². The van der Waals surface area contributed by atoms with Crippen molar-refractivity contribution in [1.82, 2.24) is 0 Å². The Kier molecular flexibility index (Phi) is 7.23. The molecule has 0 amide bonds. The zero-order valence-corrected chi connectivity index (χ0v) is 14.6. The van der Waals surface area contributed by atoms with E-state index in [-0.39, 0.29) is 48.9 Å². The number of hydrogen-bond acceptors (Lipinski definition) is 8. The fourth-order valence-corrected chi connectivity index (χ4v) is 2.81. The van der Waals surface area contributed by atoms with Crippen molar-refractivity contribution in [3.05, 3.63) is 0 Å². The van der Waals surface area contributed by atoms with Crippen LogP contribution in [0.3, 0.4) is 0 Å². The number of carbonyl (C=O) groups is 2. The fraction of sp³-hybridized carbons (Fsp3) is 0.812. The maximum atomic E-state index is 11.8. The Hall–Kier alpha value is -1.60. The Balaban J connectivity index is 0.000000891. The molecule has 0 N–H and O–H groups in total. The molecule has 2 heterocycles. The number of ether oxygens (including phenoxy) is 4. The van der Waals surface area contributed by atoms with Gasteiger partial charge in [0.25, 0.3) is 0 Å². The lowest BCUT2D eigenvalue weighted by Crippen LogP contribution is -2.52. The molecule has 24 heavy (non-hydrogen) atoms. The molecule has 0 saturated carbocycles. The molecule has 0 aliphatic carbocycles. The molecule has 0 aromatic rings. The van der Waals surface area contributed by atoms with Gasteiger partial charge in [-0.15, -0.1) is 0 Å². The van der Waals surface area contributed by atoms with E-state index < -0.39 is 18.2 Å². The molecule has 5 atom stereocenters. The van der Waals surface area contributed by atoms with Gasteiger partial charge in [0, 0.05) is 12.3 Å². The summed E-state index contributed by atoms with van der Waals surface area (Å²) >= 11 is 0. The molecule has 2 unspecified atom stereocenters. The molecule has 0 radical (unpaired) electrons. The van der Waals surface area contributed by atoms with E-state index in [2.05, 4.69) is 0 Å². The molecule has 2 aliphatic heterocycles. The molecule has 2 fully saturated rings. The summed E-state index contributed by atoms with van der Waals surface area (Å²) in [6.07, 6.45) is -0.821. The van der Waals surface area contributed by atoms with Crippen LogP contribution >= 0.6 is 0 Å². The Morgan fingerprint density at radius 1 is 1.12 bits per heavy atom. The summed E-state index contributed by atoms with van der Waals surface area (Å²) in [6, 6.07) is 0. The van der Waals surface area contributed by atoms with Crippen molar-refractivity contribution in [2.45, 2.75) is 77.8 Å². The number of esters is 1. The number of carbonyl (C=O) groups excluding carboxylic acids is 4. The van der Waals surface area contributed by atoms with Crippen LogP contribution in [-0.4, -0.2) is 48.3 Å². The van der Waals surface area contributed by atoms with E-state index in [4.69, 9.17) is 28.5 Å². The Morgan fingerprint density at radius 3 is 2.25 bits per heavy atom. The summed E-state index contributed by atoms with van der Waals surface area (Å²) in [5.41, 5.74) is 0. The SMILES string of the molecule is CC(=O)CCC(=O)O[C@@H]1C(C)O[C@H]2OC(C)(C)OC2[C@H]1C.O=C=O. The number of Topliss-reactive ketones (excluding diaryl/α,β-unsaturated/α-hetero) is 1. The van der Waals surface area contributed by atoms with Crippen molar-refractivity contribution in [3.8, 4) is 0 Å². The molecule has 8 nitrogen and oxygen atoms in total. The number of fused-ring (bicyclic) bond motifs is 1. The highest BCUT2D eigenvalue weighted by Gasteiger charge is 2.52. The van der Waals surface area contributed by atoms with Gasteiger partial charge in [-0.2, -0.15) is 9.59 Å². The topological polar surface area (TPSA) is 105 Å². The summed E-state index contributed by atoms with van der Waals surface area (Å²) in [6.45, 7) is 8.94. The fourth-order valence-electron chi connectivity index (χ4n) is 2.81. The summed E-state index contributed by atoms with van der Waals surface area (Å²) in [5.74, 6) is -1.14. The van der Waals surface area contributed by atoms with Crippen LogP contribution in [0.15, 0.2) is 0 Å². The molecular formula is C16H24O8. The van der Waals surface area contributed by atoms with Crippen LogP contribution in [0, 0.1) is 5.92 Å². The van der Waals surface area contributed by atoms with Gasteiger partial charge in [-0.3, -0.25) is 4.79 Å². The normalized spacial score (nSPS) is 33.5. The highest BCUT2D eigenvalue weighted by atomic mass is 16.8. The molecule has 0 aromatic carbocycles. The summed E-state index contributed by atoms with van der Waals surface area (Å²) < 4.78 is 22.8. The zero-order valence-electron chi connectivity index (χ0n) is 14.6. The standard InChI is InChI=1S/C15H24O6.CO2/c1-8(16)6-7-11(17)19-12-9(2)13-14(18-10(12)3)21-15(4,5)20-13;2-1-3/h9-10,12-14H,6-7H2,1-5H3;/t9-,10?,12-,13?,14-;/m0./s1. The van der Waals surface area contributed by atoms with Crippen LogP contribution in [0.4, 0.5) is 0 Å². The molecule has 136 valence electrons. The largest absolute Gasteiger partial charge is 0.459 e. The van der Waals surface area contributed by atoms with E-state index in [0.29, 0.717) is 0 Å². The van der Waals surface area contributed by atoms with Gasteiger partial charge in [0.15, 0.2) is 12.1 Å². The maximum Gasteiger partial charge on any atom is 0.373 e. The monoisotopic (exact) mass is 344 g/mol. The first-order valence-corrected chi connectivity index (χ1v) is 7.80. The van der Waals surface area contributed by atoms with E-state index in [1.807, 2.05) is 27.7 Å². The predicted octanol–water partition coefficient (Wildman–Crippen LogP) is 1.22. The quantitative estimate of drug-likeness (QED) is 0.701. The molecule has 0 aromatic heterocycles. The van der Waals surface area contributed by atoms with Crippen molar-refractivity contribution in [2.24, 2.45) is 5.92 Å². The van der Waals surface area contributed by atoms with E-state index in [1.54, 1.807) is 0 Å². The first kappa shape index (κ1) is 20.4. The Morgan fingerprint density at radius 2 is 1.71 bits per heavy atom. The second kappa shape index (κ2) is 8.48. The van der Waals surface area contributed by atoms with Crippen LogP contribution in [0.5, 0.6) is 0 Å². The molecule has 8 heteroatoms. The maximum absolute atomic E-state index is 11.8. The van der Waals surface area contributed by atoms with Gasteiger partial charge < -0.3 is 23.7 Å². The Bertz CT molecular complexity index is 494. The lowest BCUT2D eigenvalue weighted by molar-refractivity contribution is -0.239. The second-order valence-electron chi connectivity index (χ2n) is 6.41. The molecule has 0 spiro atoms. The van der Waals surface area contributed by atoms with Crippen molar-refractivity contribution in [1.29, 1.82) is 0 Å². The smallest absolute Gasteiger partial charge is 0.373 e. The van der Waals surface area contributed by atoms with Crippen LogP contribution < -0.4 is 0 Å². The van der Waals surface area contributed by atoms with Gasteiger partial charge in [0.1, 0.15) is 18.0 Å².